The third kappa shape index (κ3) is 2.17. The molecule has 0 bridgehead atoms. The van der Waals surface area contributed by atoms with Crippen LogP contribution in [0, 0.1) is 0 Å². The predicted octanol–water partition coefficient (Wildman–Crippen LogP) is 2.33. The molecule has 0 amide bonds. The van der Waals surface area contributed by atoms with Crippen LogP contribution in [0.3, 0.4) is 0 Å². The number of rotatable bonds is 1. The SMILES string of the molecule is CCC1(C)OC(C)CC(C)O1. The summed E-state index contributed by atoms with van der Waals surface area (Å²) in [7, 11) is 0. The van der Waals surface area contributed by atoms with E-state index in [4.69, 9.17) is 9.47 Å². The van der Waals surface area contributed by atoms with Gasteiger partial charge in [-0.1, -0.05) is 6.92 Å². The second kappa shape index (κ2) is 3.11. The summed E-state index contributed by atoms with van der Waals surface area (Å²) in [5.41, 5.74) is 0. The fourth-order valence-corrected chi connectivity index (χ4v) is 1.61. The summed E-state index contributed by atoms with van der Waals surface area (Å²) >= 11 is 0. The van der Waals surface area contributed by atoms with Crippen molar-refractivity contribution in [1.29, 1.82) is 0 Å². The van der Waals surface area contributed by atoms with E-state index >= 15 is 0 Å². The van der Waals surface area contributed by atoms with Crippen molar-refractivity contribution in [3.63, 3.8) is 0 Å². The van der Waals surface area contributed by atoms with Crippen LogP contribution >= 0.6 is 0 Å². The third-order valence-corrected chi connectivity index (χ3v) is 2.21. The van der Waals surface area contributed by atoms with Crippen LogP contribution in [0.25, 0.3) is 0 Å². The normalized spacial score (nSPS) is 45.8. The highest BCUT2D eigenvalue weighted by Crippen LogP contribution is 2.28. The van der Waals surface area contributed by atoms with Crippen LogP contribution in [-0.2, 0) is 9.47 Å². The summed E-state index contributed by atoms with van der Waals surface area (Å²) in [6.45, 7) is 8.31. The standard InChI is InChI=1S/C9H18O2/c1-5-9(4)10-7(2)6-8(3)11-9/h7-8H,5-6H2,1-4H3. The van der Waals surface area contributed by atoms with Gasteiger partial charge in [-0.15, -0.1) is 0 Å². The van der Waals surface area contributed by atoms with E-state index in [-0.39, 0.29) is 5.79 Å². The second-order valence-electron chi connectivity index (χ2n) is 3.58. The van der Waals surface area contributed by atoms with Gasteiger partial charge in [0.1, 0.15) is 0 Å². The van der Waals surface area contributed by atoms with E-state index in [0.29, 0.717) is 12.2 Å². The third-order valence-electron chi connectivity index (χ3n) is 2.21. The number of ether oxygens (including phenoxy) is 2. The lowest BCUT2D eigenvalue weighted by Gasteiger charge is -2.40. The summed E-state index contributed by atoms with van der Waals surface area (Å²) < 4.78 is 11.3. The van der Waals surface area contributed by atoms with E-state index in [2.05, 4.69) is 20.8 Å². The van der Waals surface area contributed by atoms with Crippen molar-refractivity contribution in [3.05, 3.63) is 0 Å². The second-order valence-corrected chi connectivity index (χ2v) is 3.58. The topological polar surface area (TPSA) is 18.5 Å². The summed E-state index contributed by atoms with van der Waals surface area (Å²) in [4.78, 5) is 0. The van der Waals surface area contributed by atoms with Crippen LogP contribution in [0.5, 0.6) is 0 Å². The Balaban J connectivity index is 2.55. The van der Waals surface area contributed by atoms with Crippen LogP contribution in [0.2, 0.25) is 0 Å². The van der Waals surface area contributed by atoms with E-state index in [1.165, 1.54) is 0 Å². The molecule has 1 heterocycles. The van der Waals surface area contributed by atoms with Crippen molar-refractivity contribution in [2.75, 3.05) is 0 Å². The van der Waals surface area contributed by atoms with Gasteiger partial charge < -0.3 is 9.47 Å². The minimum absolute atomic E-state index is 0.336. The molecule has 1 aliphatic heterocycles. The molecule has 1 aliphatic rings. The molecule has 2 unspecified atom stereocenters. The zero-order chi connectivity index (χ0) is 8.48. The van der Waals surface area contributed by atoms with Crippen molar-refractivity contribution in [2.24, 2.45) is 0 Å². The maximum atomic E-state index is 5.67. The van der Waals surface area contributed by atoms with Crippen molar-refractivity contribution < 1.29 is 9.47 Å². The van der Waals surface area contributed by atoms with Gasteiger partial charge in [0.05, 0.1) is 12.2 Å². The van der Waals surface area contributed by atoms with Crippen LogP contribution in [0.1, 0.15) is 40.5 Å². The highest BCUT2D eigenvalue weighted by molar-refractivity contribution is 4.73. The first kappa shape index (κ1) is 9.01. The van der Waals surface area contributed by atoms with Crippen LogP contribution in [0.4, 0.5) is 0 Å². The van der Waals surface area contributed by atoms with Crippen LogP contribution in [-0.4, -0.2) is 18.0 Å². The van der Waals surface area contributed by atoms with Gasteiger partial charge in [-0.3, -0.25) is 0 Å². The summed E-state index contributed by atoms with van der Waals surface area (Å²) in [6, 6.07) is 0. The Morgan fingerprint density at radius 3 is 2.09 bits per heavy atom. The maximum Gasteiger partial charge on any atom is 0.165 e. The Labute approximate surface area is 68.9 Å². The minimum atomic E-state index is -0.336. The Hall–Kier alpha value is -0.0800. The lowest BCUT2D eigenvalue weighted by Crippen LogP contribution is -2.44. The largest absolute Gasteiger partial charge is 0.347 e. The van der Waals surface area contributed by atoms with Gasteiger partial charge in [0.15, 0.2) is 5.79 Å². The molecule has 66 valence electrons. The molecule has 0 radical (unpaired) electrons. The van der Waals surface area contributed by atoms with Crippen molar-refractivity contribution in [2.45, 2.75) is 58.5 Å². The summed E-state index contributed by atoms with van der Waals surface area (Å²) in [5, 5.41) is 0. The Bertz CT molecular complexity index is 124. The van der Waals surface area contributed by atoms with Gasteiger partial charge in [0.25, 0.3) is 0 Å². The van der Waals surface area contributed by atoms with E-state index in [9.17, 15) is 0 Å². The molecule has 0 saturated carbocycles. The highest BCUT2D eigenvalue weighted by Gasteiger charge is 2.33. The Morgan fingerprint density at radius 1 is 1.27 bits per heavy atom. The van der Waals surface area contributed by atoms with E-state index in [0.717, 1.165) is 12.8 Å². The zero-order valence-electron chi connectivity index (χ0n) is 7.89. The van der Waals surface area contributed by atoms with Crippen LogP contribution < -0.4 is 0 Å². The average molecular weight is 158 g/mol. The molecule has 11 heavy (non-hydrogen) atoms. The molecular weight excluding hydrogens is 140 g/mol. The fraction of sp³-hybridized carbons (Fsp3) is 1.00. The molecule has 2 heteroatoms. The monoisotopic (exact) mass is 158 g/mol. The summed E-state index contributed by atoms with van der Waals surface area (Å²) in [5.74, 6) is -0.336. The predicted molar refractivity (Wildman–Crippen MR) is 44.4 cm³/mol. The van der Waals surface area contributed by atoms with Crippen molar-refractivity contribution in [1.82, 2.24) is 0 Å². The Morgan fingerprint density at radius 2 is 1.73 bits per heavy atom. The first-order chi connectivity index (χ1) is 5.06. The molecule has 1 fully saturated rings. The number of hydrogen-bond donors (Lipinski definition) is 0. The quantitative estimate of drug-likeness (QED) is 0.583. The molecule has 0 N–H and O–H groups in total. The summed E-state index contributed by atoms with van der Waals surface area (Å²) in [6.07, 6.45) is 2.60. The molecule has 2 atom stereocenters. The number of hydrogen-bond acceptors (Lipinski definition) is 2. The molecule has 0 aromatic carbocycles. The minimum Gasteiger partial charge on any atom is -0.347 e. The van der Waals surface area contributed by atoms with E-state index in [1.54, 1.807) is 0 Å². The van der Waals surface area contributed by atoms with Crippen molar-refractivity contribution >= 4 is 0 Å². The Kier molecular flexibility index (Phi) is 2.55. The average Bonchev–Trinajstić information content (AvgIpc) is 1.84. The molecule has 1 rings (SSSR count). The van der Waals surface area contributed by atoms with E-state index in [1.807, 2.05) is 6.92 Å². The lowest BCUT2D eigenvalue weighted by molar-refractivity contribution is -0.303. The maximum absolute atomic E-state index is 5.67. The van der Waals surface area contributed by atoms with Crippen LogP contribution in [0.15, 0.2) is 0 Å². The molecule has 0 aromatic rings. The fourth-order valence-electron chi connectivity index (χ4n) is 1.61. The first-order valence-electron chi connectivity index (χ1n) is 4.41. The zero-order valence-corrected chi connectivity index (χ0v) is 7.89. The molecule has 2 nitrogen and oxygen atoms in total. The highest BCUT2D eigenvalue weighted by atomic mass is 16.7. The van der Waals surface area contributed by atoms with Crippen molar-refractivity contribution in [3.8, 4) is 0 Å². The molecular formula is C9H18O2. The van der Waals surface area contributed by atoms with E-state index < -0.39 is 0 Å². The lowest BCUT2D eigenvalue weighted by atomic mass is 10.1. The van der Waals surface area contributed by atoms with Gasteiger partial charge in [0.2, 0.25) is 0 Å². The van der Waals surface area contributed by atoms with Gasteiger partial charge in [-0.2, -0.15) is 0 Å². The first-order valence-corrected chi connectivity index (χ1v) is 4.41. The molecule has 0 aliphatic carbocycles. The molecule has 0 spiro atoms. The van der Waals surface area contributed by atoms with Gasteiger partial charge in [-0.05, 0) is 33.6 Å². The molecule has 1 saturated heterocycles. The van der Waals surface area contributed by atoms with Gasteiger partial charge in [0, 0.05) is 0 Å². The van der Waals surface area contributed by atoms with Gasteiger partial charge >= 0.3 is 0 Å². The smallest absolute Gasteiger partial charge is 0.165 e. The molecule has 0 aromatic heterocycles. The van der Waals surface area contributed by atoms with Gasteiger partial charge in [-0.25, -0.2) is 0 Å².